The van der Waals surface area contributed by atoms with Gasteiger partial charge in [0.2, 0.25) is 0 Å². The lowest BCUT2D eigenvalue weighted by atomic mass is 10.0. The van der Waals surface area contributed by atoms with Gasteiger partial charge in [0.15, 0.2) is 0 Å². The van der Waals surface area contributed by atoms with Crippen LogP contribution >= 0.6 is 0 Å². The molecule has 93 valence electrons. The van der Waals surface area contributed by atoms with E-state index in [1.165, 1.54) is 0 Å². The van der Waals surface area contributed by atoms with Crippen molar-refractivity contribution in [2.24, 2.45) is 0 Å². The van der Waals surface area contributed by atoms with Crippen molar-refractivity contribution in [2.75, 3.05) is 0 Å². The molecule has 0 aliphatic rings. The summed E-state index contributed by atoms with van der Waals surface area (Å²) in [7, 11) is 0. The van der Waals surface area contributed by atoms with Crippen LogP contribution in [0, 0.1) is 6.20 Å². The highest BCUT2D eigenvalue weighted by Crippen LogP contribution is 2.29. The number of rotatable bonds is 1. The highest BCUT2D eigenvalue weighted by Gasteiger charge is 2.10. The summed E-state index contributed by atoms with van der Waals surface area (Å²) in [6.45, 7) is 0. The van der Waals surface area contributed by atoms with Crippen LogP contribution in [0.25, 0.3) is 32.9 Å². The van der Waals surface area contributed by atoms with E-state index in [-0.39, 0.29) is 0 Å². The predicted octanol–water partition coefficient (Wildman–Crippen LogP) is 3.65. The van der Waals surface area contributed by atoms with Crippen LogP contribution < -0.4 is 0 Å². The van der Waals surface area contributed by atoms with E-state index in [9.17, 15) is 0 Å². The summed E-state index contributed by atoms with van der Waals surface area (Å²) in [4.78, 5) is 4.51. The molecule has 0 unspecified atom stereocenters. The standard InChI is InChI=1S/C17H10N3/c1-3-7-14-12(5-1)9-10-18-16(14)17-15-8-4-2-6-13(15)11-19-20-17/h1-10H. The largest absolute Gasteiger partial charge is 0.254 e. The number of benzene rings is 2. The zero-order chi connectivity index (χ0) is 13.4. The second kappa shape index (κ2) is 4.38. The van der Waals surface area contributed by atoms with Crippen molar-refractivity contribution in [3.8, 4) is 11.4 Å². The van der Waals surface area contributed by atoms with Gasteiger partial charge >= 0.3 is 0 Å². The van der Waals surface area contributed by atoms with Crippen molar-refractivity contribution in [1.29, 1.82) is 0 Å². The number of fused-ring (bicyclic) bond motifs is 2. The molecule has 2 heterocycles. The van der Waals surface area contributed by atoms with E-state index < -0.39 is 0 Å². The molecule has 0 aliphatic heterocycles. The average molecular weight is 256 g/mol. The van der Waals surface area contributed by atoms with Crippen LogP contribution in [-0.4, -0.2) is 15.2 Å². The molecule has 4 aromatic rings. The molecular weight excluding hydrogens is 246 g/mol. The molecule has 2 aromatic carbocycles. The summed E-state index contributed by atoms with van der Waals surface area (Å²) >= 11 is 0. The first-order valence-corrected chi connectivity index (χ1v) is 6.41. The fourth-order valence-corrected chi connectivity index (χ4v) is 2.45. The summed E-state index contributed by atoms with van der Waals surface area (Å²) in [5.74, 6) is 0. The van der Waals surface area contributed by atoms with Gasteiger partial charge in [0, 0.05) is 22.4 Å². The van der Waals surface area contributed by atoms with Crippen molar-refractivity contribution < 1.29 is 0 Å². The zero-order valence-electron chi connectivity index (χ0n) is 10.6. The van der Waals surface area contributed by atoms with Crippen molar-refractivity contribution in [3.05, 3.63) is 67.0 Å². The minimum atomic E-state index is 0.802. The van der Waals surface area contributed by atoms with Gasteiger partial charge in [-0.05, 0) is 11.5 Å². The van der Waals surface area contributed by atoms with E-state index >= 15 is 0 Å². The maximum Gasteiger partial charge on any atom is 0.122 e. The van der Waals surface area contributed by atoms with Gasteiger partial charge in [-0.1, -0.05) is 48.5 Å². The average Bonchev–Trinajstić information content (AvgIpc) is 2.54. The molecule has 0 bridgehead atoms. The molecule has 0 atom stereocenters. The van der Waals surface area contributed by atoms with Gasteiger partial charge < -0.3 is 0 Å². The Hall–Kier alpha value is -2.81. The van der Waals surface area contributed by atoms with E-state index in [2.05, 4.69) is 33.5 Å². The van der Waals surface area contributed by atoms with E-state index in [0.717, 1.165) is 32.9 Å². The summed E-state index contributed by atoms with van der Waals surface area (Å²) in [6.07, 6.45) is 4.73. The second-order valence-electron chi connectivity index (χ2n) is 4.59. The van der Waals surface area contributed by atoms with Crippen molar-refractivity contribution in [3.63, 3.8) is 0 Å². The van der Waals surface area contributed by atoms with Crippen LogP contribution in [0.5, 0.6) is 0 Å². The lowest BCUT2D eigenvalue weighted by molar-refractivity contribution is 1.04. The number of pyridine rings is 1. The highest BCUT2D eigenvalue weighted by molar-refractivity contribution is 6.01. The number of hydrogen-bond donors (Lipinski definition) is 0. The summed E-state index contributed by atoms with van der Waals surface area (Å²) in [5.41, 5.74) is 1.66. The molecule has 0 amide bonds. The molecule has 3 heteroatoms. The smallest absolute Gasteiger partial charge is 0.122 e. The Morgan fingerprint density at radius 3 is 2.50 bits per heavy atom. The molecule has 20 heavy (non-hydrogen) atoms. The highest BCUT2D eigenvalue weighted by atomic mass is 15.1. The quantitative estimate of drug-likeness (QED) is 0.522. The lowest BCUT2D eigenvalue weighted by Crippen LogP contribution is -1.93. The zero-order valence-corrected chi connectivity index (χ0v) is 10.6. The van der Waals surface area contributed by atoms with E-state index in [1.807, 2.05) is 48.7 Å². The Bertz CT molecular complexity index is 828. The maximum absolute atomic E-state index is 4.51. The fraction of sp³-hybridized carbons (Fsp3) is 0. The third kappa shape index (κ3) is 1.64. The van der Waals surface area contributed by atoms with E-state index in [4.69, 9.17) is 0 Å². The maximum atomic E-state index is 4.51. The topological polar surface area (TPSA) is 38.7 Å². The van der Waals surface area contributed by atoms with Gasteiger partial charge in [0.1, 0.15) is 11.9 Å². The van der Waals surface area contributed by atoms with Crippen LogP contribution in [0.15, 0.2) is 60.8 Å². The molecule has 0 spiro atoms. The molecule has 0 saturated heterocycles. The van der Waals surface area contributed by atoms with Gasteiger partial charge in [0.25, 0.3) is 0 Å². The third-order valence-corrected chi connectivity index (χ3v) is 3.40. The Labute approximate surface area is 115 Å². The molecule has 4 rings (SSSR count). The van der Waals surface area contributed by atoms with Crippen LogP contribution in [-0.2, 0) is 0 Å². The minimum absolute atomic E-state index is 0.802. The van der Waals surface area contributed by atoms with Crippen molar-refractivity contribution in [1.82, 2.24) is 15.2 Å². The van der Waals surface area contributed by atoms with Crippen molar-refractivity contribution in [2.45, 2.75) is 0 Å². The molecule has 0 fully saturated rings. The molecule has 2 aromatic heterocycles. The molecule has 3 nitrogen and oxygen atoms in total. The first kappa shape index (κ1) is 11.1. The van der Waals surface area contributed by atoms with Crippen LogP contribution in [0.3, 0.4) is 0 Å². The molecule has 1 radical (unpaired) electrons. The molecule has 0 N–H and O–H groups in total. The van der Waals surface area contributed by atoms with Gasteiger partial charge in [-0.3, -0.25) is 4.98 Å². The number of aromatic nitrogens is 3. The summed E-state index contributed by atoms with van der Waals surface area (Å²) < 4.78 is 0. The monoisotopic (exact) mass is 256 g/mol. The molecule has 0 aliphatic carbocycles. The summed E-state index contributed by atoms with van der Waals surface area (Å²) in [5, 5.41) is 12.4. The number of hydrogen-bond acceptors (Lipinski definition) is 3. The van der Waals surface area contributed by atoms with Gasteiger partial charge in [-0.25, -0.2) is 0 Å². The first-order chi connectivity index (χ1) is 9.93. The van der Waals surface area contributed by atoms with Gasteiger partial charge in [0.05, 0.1) is 5.69 Å². The van der Waals surface area contributed by atoms with Crippen LogP contribution in [0.4, 0.5) is 0 Å². The lowest BCUT2D eigenvalue weighted by Gasteiger charge is -2.06. The van der Waals surface area contributed by atoms with Gasteiger partial charge in [-0.2, -0.15) is 0 Å². The van der Waals surface area contributed by atoms with Crippen molar-refractivity contribution >= 4 is 21.5 Å². The normalized spacial score (nSPS) is 11.0. The predicted molar refractivity (Wildman–Crippen MR) is 79.1 cm³/mol. The number of nitrogens with zero attached hydrogens (tertiary/aromatic N) is 3. The van der Waals surface area contributed by atoms with E-state index in [0.29, 0.717) is 0 Å². The van der Waals surface area contributed by atoms with Crippen LogP contribution in [0.2, 0.25) is 0 Å². The Morgan fingerprint density at radius 2 is 1.55 bits per heavy atom. The van der Waals surface area contributed by atoms with Gasteiger partial charge in [-0.15, -0.1) is 10.2 Å². The second-order valence-corrected chi connectivity index (χ2v) is 4.59. The van der Waals surface area contributed by atoms with E-state index in [1.54, 1.807) is 0 Å². The fourth-order valence-electron chi connectivity index (χ4n) is 2.45. The first-order valence-electron chi connectivity index (χ1n) is 6.41. The molecular formula is C17H10N3. The molecule has 0 saturated carbocycles. The minimum Gasteiger partial charge on any atom is -0.254 e. The SMILES string of the molecule is [c]1nnc(-c2nccc3ccccc23)c2ccccc12. The Kier molecular flexibility index (Phi) is 2.42. The van der Waals surface area contributed by atoms with Crippen LogP contribution in [0.1, 0.15) is 0 Å². The Morgan fingerprint density at radius 1 is 0.750 bits per heavy atom. The Balaban J connectivity index is 2.12. The summed E-state index contributed by atoms with van der Waals surface area (Å²) in [6, 6.07) is 18.2. The third-order valence-electron chi connectivity index (χ3n) is 3.40.